The molecule has 0 saturated heterocycles. The summed E-state index contributed by atoms with van der Waals surface area (Å²) < 4.78 is 19.3. The molecule has 1 heterocycles. The van der Waals surface area contributed by atoms with E-state index in [2.05, 4.69) is 0 Å². The zero-order valence-corrected chi connectivity index (χ0v) is 11.6. The van der Waals surface area contributed by atoms with Crippen LogP contribution in [-0.2, 0) is 6.42 Å². The zero-order valence-electron chi connectivity index (χ0n) is 10.8. The number of hydrogen-bond donors (Lipinski definition) is 1. The molecule has 19 heavy (non-hydrogen) atoms. The van der Waals surface area contributed by atoms with E-state index in [1.807, 2.05) is 6.92 Å². The Hall–Kier alpha value is -1.33. The number of aliphatic hydroxyl groups excluding tert-OH is 1. The summed E-state index contributed by atoms with van der Waals surface area (Å²) in [4.78, 5) is 12.2. The van der Waals surface area contributed by atoms with Gasteiger partial charge in [0.15, 0.2) is 10.5 Å². The monoisotopic (exact) mass is 282 g/mol. The second-order valence-electron chi connectivity index (χ2n) is 4.19. The molecule has 1 aromatic carbocycles. The first kappa shape index (κ1) is 14.1. The summed E-state index contributed by atoms with van der Waals surface area (Å²) in [6.45, 7) is 3.53. The van der Waals surface area contributed by atoms with Crippen LogP contribution in [0.2, 0.25) is 0 Å². The van der Waals surface area contributed by atoms with E-state index >= 15 is 0 Å². The molecule has 0 amide bonds. The molecule has 3 nitrogen and oxygen atoms in total. The second kappa shape index (κ2) is 5.75. The topological polar surface area (TPSA) is 50.4 Å². The van der Waals surface area contributed by atoms with E-state index in [0.29, 0.717) is 21.8 Å². The molecule has 0 aliphatic rings. The smallest absolute Gasteiger partial charge is 0.196 e. The maximum absolute atomic E-state index is 13.5. The summed E-state index contributed by atoms with van der Waals surface area (Å²) in [5.74, 6) is 0.296. The van der Waals surface area contributed by atoms with Crippen molar-refractivity contribution in [2.75, 3.05) is 12.4 Å². The van der Waals surface area contributed by atoms with E-state index in [1.165, 1.54) is 23.9 Å². The number of aliphatic hydroxyl groups is 1. The predicted molar refractivity (Wildman–Crippen MR) is 74.4 cm³/mol. The quantitative estimate of drug-likeness (QED) is 0.876. The Balaban J connectivity index is 2.80. The maximum Gasteiger partial charge on any atom is 0.196 e. The summed E-state index contributed by atoms with van der Waals surface area (Å²) in [5.41, 5.74) is 1.19. The molecule has 0 saturated carbocycles. The van der Waals surface area contributed by atoms with Gasteiger partial charge >= 0.3 is 0 Å². The number of halogens is 1. The van der Waals surface area contributed by atoms with Crippen molar-refractivity contribution in [3.05, 3.63) is 39.3 Å². The molecule has 2 aromatic rings. The number of rotatable bonds is 4. The molecule has 1 N–H and O–H groups in total. The molecule has 0 bridgehead atoms. The number of hydrogen-bond acceptors (Lipinski definition) is 4. The van der Waals surface area contributed by atoms with Gasteiger partial charge in [-0.05, 0) is 31.2 Å². The van der Waals surface area contributed by atoms with Crippen LogP contribution in [0.3, 0.4) is 0 Å². The Morgan fingerprint density at radius 1 is 1.42 bits per heavy atom. The van der Waals surface area contributed by atoms with Crippen molar-refractivity contribution in [2.45, 2.75) is 25.4 Å². The van der Waals surface area contributed by atoms with E-state index in [9.17, 15) is 9.18 Å². The molecule has 0 aliphatic carbocycles. The van der Waals surface area contributed by atoms with Gasteiger partial charge in [0.25, 0.3) is 0 Å². The van der Waals surface area contributed by atoms with Gasteiger partial charge in [-0.15, -0.1) is 0 Å². The highest BCUT2D eigenvalue weighted by molar-refractivity contribution is 7.99. The molecule has 0 atom stereocenters. The summed E-state index contributed by atoms with van der Waals surface area (Å²) in [6, 6.07) is 2.49. The van der Waals surface area contributed by atoms with Gasteiger partial charge in [-0.25, -0.2) is 4.39 Å². The van der Waals surface area contributed by atoms with Crippen molar-refractivity contribution < 1.29 is 13.9 Å². The average molecular weight is 282 g/mol. The van der Waals surface area contributed by atoms with E-state index in [-0.39, 0.29) is 23.8 Å². The lowest BCUT2D eigenvalue weighted by atomic mass is 10.1. The molecule has 102 valence electrons. The molecule has 0 radical (unpaired) electrons. The normalized spacial score (nSPS) is 11.2. The van der Waals surface area contributed by atoms with Crippen molar-refractivity contribution >= 4 is 22.7 Å². The fraction of sp³-hybridized carbons (Fsp3) is 0.357. The Bertz CT molecular complexity index is 664. The highest BCUT2D eigenvalue weighted by atomic mass is 32.2. The number of thioether (sulfide) groups is 1. The van der Waals surface area contributed by atoms with Gasteiger partial charge < -0.3 is 9.52 Å². The molecule has 2 rings (SSSR count). The lowest BCUT2D eigenvalue weighted by Crippen LogP contribution is -2.09. The van der Waals surface area contributed by atoms with Crippen molar-refractivity contribution in [1.82, 2.24) is 0 Å². The van der Waals surface area contributed by atoms with Gasteiger partial charge in [0.2, 0.25) is 0 Å². The average Bonchev–Trinajstić information content (AvgIpc) is 2.37. The molecule has 0 fully saturated rings. The van der Waals surface area contributed by atoms with Crippen LogP contribution in [0.1, 0.15) is 18.1 Å². The summed E-state index contributed by atoms with van der Waals surface area (Å²) in [7, 11) is 0. The fourth-order valence-electron chi connectivity index (χ4n) is 1.98. The van der Waals surface area contributed by atoms with Crippen LogP contribution in [0.15, 0.2) is 26.4 Å². The van der Waals surface area contributed by atoms with Crippen molar-refractivity contribution in [2.24, 2.45) is 0 Å². The van der Waals surface area contributed by atoms with Gasteiger partial charge in [0, 0.05) is 17.7 Å². The third-order valence-corrected chi connectivity index (χ3v) is 3.81. The number of fused-ring (bicyclic) bond motifs is 1. The Morgan fingerprint density at radius 3 is 2.79 bits per heavy atom. The van der Waals surface area contributed by atoms with Crippen LogP contribution >= 0.6 is 11.8 Å². The Kier molecular flexibility index (Phi) is 4.27. The molecule has 0 unspecified atom stereocenters. The maximum atomic E-state index is 13.5. The SMILES string of the molecule is CCSc1oc2c(CCO)cc(F)cc2c(=O)c1C. The summed E-state index contributed by atoms with van der Waals surface area (Å²) in [6.07, 6.45) is 0.260. The third-order valence-electron chi connectivity index (χ3n) is 2.87. The first-order chi connectivity index (χ1) is 9.08. The zero-order chi connectivity index (χ0) is 14.0. The van der Waals surface area contributed by atoms with Gasteiger partial charge in [0.1, 0.15) is 11.4 Å². The fourth-order valence-corrected chi connectivity index (χ4v) is 2.69. The van der Waals surface area contributed by atoms with Crippen molar-refractivity contribution in [3.63, 3.8) is 0 Å². The van der Waals surface area contributed by atoms with Crippen LogP contribution in [0.4, 0.5) is 4.39 Å². The Morgan fingerprint density at radius 2 is 2.16 bits per heavy atom. The van der Waals surface area contributed by atoms with Crippen molar-refractivity contribution in [3.8, 4) is 0 Å². The minimum atomic E-state index is -0.487. The van der Waals surface area contributed by atoms with Crippen LogP contribution in [0.5, 0.6) is 0 Å². The number of benzene rings is 1. The summed E-state index contributed by atoms with van der Waals surface area (Å²) >= 11 is 1.44. The van der Waals surface area contributed by atoms with Crippen molar-refractivity contribution in [1.29, 1.82) is 0 Å². The second-order valence-corrected chi connectivity index (χ2v) is 5.43. The Labute approximate surface area is 114 Å². The minimum absolute atomic E-state index is 0.119. The molecular formula is C14H15FO3S. The molecule has 5 heteroatoms. The van der Waals surface area contributed by atoms with Gasteiger partial charge in [-0.2, -0.15) is 0 Å². The predicted octanol–water partition coefficient (Wildman–Crippen LogP) is 2.89. The molecule has 0 spiro atoms. The molecular weight excluding hydrogens is 267 g/mol. The van der Waals surface area contributed by atoms with Crippen LogP contribution in [-0.4, -0.2) is 17.5 Å². The van der Waals surface area contributed by atoms with Gasteiger partial charge in [-0.1, -0.05) is 18.7 Å². The van der Waals surface area contributed by atoms with E-state index in [1.54, 1.807) is 6.92 Å². The first-order valence-corrected chi connectivity index (χ1v) is 7.06. The highest BCUT2D eigenvalue weighted by Gasteiger charge is 2.15. The molecule has 0 aliphatic heterocycles. The first-order valence-electron chi connectivity index (χ1n) is 6.08. The minimum Gasteiger partial charge on any atom is -0.449 e. The van der Waals surface area contributed by atoms with E-state index in [0.717, 1.165) is 5.75 Å². The van der Waals surface area contributed by atoms with Gasteiger partial charge in [0.05, 0.1) is 5.39 Å². The third kappa shape index (κ3) is 2.67. The van der Waals surface area contributed by atoms with E-state index < -0.39 is 5.82 Å². The van der Waals surface area contributed by atoms with Crippen LogP contribution < -0.4 is 5.43 Å². The molecule has 1 aromatic heterocycles. The largest absolute Gasteiger partial charge is 0.449 e. The van der Waals surface area contributed by atoms with Gasteiger partial charge in [-0.3, -0.25) is 4.79 Å². The van der Waals surface area contributed by atoms with Crippen LogP contribution in [0.25, 0.3) is 11.0 Å². The highest BCUT2D eigenvalue weighted by Crippen LogP contribution is 2.27. The summed E-state index contributed by atoms with van der Waals surface area (Å²) in [5, 5.41) is 9.82. The van der Waals surface area contributed by atoms with Crippen LogP contribution in [0, 0.1) is 12.7 Å². The lowest BCUT2D eigenvalue weighted by molar-refractivity contribution is 0.299. The van der Waals surface area contributed by atoms with E-state index in [4.69, 9.17) is 9.52 Å². The lowest BCUT2D eigenvalue weighted by Gasteiger charge is -2.09. The standard InChI is InChI=1S/C14H15FO3S/c1-3-19-14-8(2)12(17)11-7-10(15)6-9(4-5-16)13(11)18-14/h6-7,16H,3-5H2,1-2H3.